The summed E-state index contributed by atoms with van der Waals surface area (Å²) in [5.41, 5.74) is 0. The van der Waals surface area contributed by atoms with Gasteiger partial charge in [0.1, 0.15) is 0 Å². The van der Waals surface area contributed by atoms with E-state index in [1.807, 2.05) is 0 Å². The Balaban J connectivity index is 4.66. The van der Waals surface area contributed by atoms with Crippen LogP contribution in [-0.4, -0.2) is 40.0 Å². The molecule has 0 heterocycles. The first-order chi connectivity index (χ1) is 5.49. The molecule has 0 aromatic carbocycles. The molecule has 0 aliphatic rings. The van der Waals surface area contributed by atoms with E-state index in [1.165, 1.54) is 0 Å². The van der Waals surface area contributed by atoms with E-state index < -0.39 is 11.6 Å². The van der Waals surface area contributed by atoms with E-state index in [0.717, 1.165) is 0 Å². The van der Waals surface area contributed by atoms with Crippen LogP contribution in [0.3, 0.4) is 0 Å². The van der Waals surface area contributed by atoms with Gasteiger partial charge in [-0.15, -0.1) is 0 Å². The van der Waals surface area contributed by atoms with E-state index in [4.69, 9.17) is 18.9 Å². The van der Waals surface area contributed by atoms with Crippen molar-refractivity contribution >= 4 is 0 Å². The monoisotopic (exact) mass is 178 g/mol. The third-order valence-corrected chi connectivity index (χ3v) is 2.38. The van der Waals surface area contributed by atoms with Crippen molar-refractivity contribution in [2.75, 3.05) is 28.4 Å². The van der Waals surface area contributed by atoms with Gasteiger partial charge in [-0.25, -0.2) is 0 Å². The third kappa shape index (κ3) is 1.77. The van der Waals surface area contributed by atoms with Gasteiger partial charge in [0, 0.05) is 28.4 Å². The molecule has 0 N–H and O–H groups in total. The summed E-state index contributed by atoms with van der Waals surface area (Å²) in [6.45, 7) is 3.50. The van der Waals surface area contributed by atoms with Gasteiger partial charge in [0.2, 0.25) is 11.6 Å². The summed E-state index contributed by atoms with van der Waals surface area (Å²) in [6, 6.07) is 0. The normalized spacial score (nSPS) is 13.5. The first-order valence-corrected chi connectivity index (χ1v) is 3.70. The van der Waals surface area contributed by atoms with Crippen LogP contribution in [0.15, 0.2) is 0 Å². The third-order valence-electron chi connectivity index (χ3n) is 2.38. The van der Waals surface area contributed by atoms with Gasteiger partial charge in [0.25, 0.3) is 0 Å². The standard InChI is InChI=1S/C8H18O4/c1-7(9-3,10-4)8(2,11-5)12-6/h1-6H3. The molecule has 4 nitrogen and oxygen atoms in total. The van der Waals surface area contributed by atoms with Crippen LogP contribution in [0.25, 0.3) is 0 Å². The van der Waals surface area contributed by atoms with Gasteiger partial charge < -0.3 is 18.9 Å². The second-order valence-electron chi connectivity index (χ2n) is 2.71. The molecule has 0 aromatic heterocycles. The summed E-state index contributed by atoms with van der Waals surface area (Å²) >= 11 is 0. The molecule has 0 fully saturated rings. The average Bonchev–Trinajstić information content (AvgIpc) is 2.15. The van der Waals surface area contributed by atoms with Crippen molar-refractivity contribution in [3.63, 3.8) is 0 Å². The van der Waals surface area contributed by atoms with Gasteiger partial charge in [-0.3, -0.25) is 0 Å². The summed E-state index contributed by atoms with van der Waals surface area (Å²) < 4.78 is 20.6. The molecular formula is C8H18O4. The summed E-state index contributed by atoms with van der Waals surface area (Å²) in [4.78, 5) is 0. The predicted molar refractivity (Wildman–Crippen MR) is 44.8 cm³/mol. The zero-order valence-electron chi connectivity index (χ0n) is 8.63. The van der Waals surface area contributed by atoms with E-state index in [2.05, 4.69) is 0 Å². The average molecular weight is 178 g/mol. The molecule has 0 aromatic rings. The molecule has 74 valence electrons. The summed E-state index contributed by atoms with van der Waals surface area (Å²) in [7, 11) is 6.17. The van der Waals surface area contributed by atoms with Crippen molar-refractivity contribution in [3.8, 4) is 0 Å². The van der Waals surface area contributed by atoms with Crippen LogP contribution in [-0.2, 0) is 18.9 Å². The van der Waals surface area contributed by atoms with Crippen LogP contribution in [0.1, 0.15) is 13.8 Å². The Kier molecular flexibility index (Phi) is 4.13. The Morgan fingerprint density at radius 1 is 0.583 bits per heavy atom. The molecule has 0 bridgehead atoms. The molecule has 4 heteroatoms. The highest BCUT2D eigenvalue weighted by Crippen LogP contribution is 2.29. The molecule has 0 rings (SSSR count). The van der Waals surface area contributed by atoms with Crippen LogP contribution in [0, 0.1) is 0 Å². The maximum absolute atomic E-state index is 5.16. The van der Waals surface area contributed by atoms with E-state index in [0.29, 0.717) is 0 Å². The van der Waals surface area contributed by atoms with E-state index >= 15 is 0 Å². The van der Waals surface area contributed by atoms with E-state index in [-0.39, 0.29) is 0 Å². The summed E-state index contributed by atoms with van der Waals surface area (Å²) in [5, 5.41) is 0. The summed E-state index contributed by atoms with van der Waals surface area (Å²) in [5.74, 6) is -1.81. The van der Waals surface area contributed by atoms with Crippen LogP contribution in [0.5, 0.6) is 0 Å². The minimum absolute atomic E-state index is 0.906. The molecule has 0 amide bonds. The number of hydrogen-bond acceptors (Lipinski definition) is 4. The van der Waals surface area contributed by atoms with Crippen LogP contribution in [0.4, 0.5) is 0 Å². The topological polar surface area (TPSA) is 36.9 Å². The van der Waals surface area contributed by atoms with Crippen molar-refractivity contribution in [3.05, 3.63) is 0 Å². The second kappa shape index (κ2) is 4.18. The molecule has 0 saturated carbocycles. The molecule has 0 radical (unpaired) electrons. The highest BCUT2D eigenvalue weighted by Gasteiger charge is 2.47. The van der Waals surface area contributed by atoms with E-state index in [1.54, 1.807) is 42.3 Å². The molecule has 0 saturated heterocycles. The maximum atomic E-state index is 5.16. The van der Waals surface area contributed by atoms with Gasteiger partial charge in [-0.2, -0.15) is 0 Å². The van der Waals surface area contributed by atoms with Crippen molar-refractivity contribution in [2.24, 2.45) is 0 Å². The Morgan fingerprint density at radius 3 is 0.833 bits per heavy atom. The fourth-order valence-corrected chi connectivity index (χ4v) is 0.908. The van der Waals surface area contributed by atoms with Crippen LogP contribution < -0.4 is 0 Å². The minimum atomic E-state index is -0.906. The number of rotatable bonds is 5. The van der Waals surface area contributed by atoms with Crippen LogP contribution in [0.2, 0.25) is 0 Å². The maximum Gasteiger partial charge on any atom is 0.219 e. The molecule has 0 spiro atoms. The van der Waals surface area contributed by atoms with Gasteiger partial charge in [-0.05, 0) is 13.8 Å². The van der Waals surface area contributed by atoms with Crippen molar-refractivity contribution in [1.82, 2.24) is 0 Å². The zero-order valence-corrected chi connectivity index (χ0v) is 8.63. The largest absolute Gasteiger partial charge is 0.349 e. The Bertz CT molecular complexity index is 111. The lowest BCUT2D eigenvalue weighted by molar-refractivity contribution is -0.372. The lowest BCUT2D eigenvalue weighted by Crippen LogP contribution is -2.55. The van der Waals surface area contributed by atoms with Crippen molar-refractivity contribution in [2.45, 2.75) is 25.4 Å². The molecular weight excluding hydrogens is 160 g/mol. The molecule has 12 heavy (non-hydrogen) atoms. The zero-order chi connectivity index (χ0) is 9.83. The fraction of sp³-hybridized carbons (Fsp3) is 1.00. The summed E-state index contributed by atoms with van der Waals surface area (Å²) in [6.07, 6.45) is 0. The van der Waals surface area contributed by atoms with Gasteiger partial charge in [0.05, 0.1) is 0 Å². The predicted octanol–water partition coefficient (Wildman–Crippen LogP) is 1.00. The molecule has 0 aliphatic carbocycles. The van der Waals surface area contributed by atoms with Crippen molar-refractivity contribution in [1.29, 1.82) is 0 Å². The lowest BCUT2D eigenvalue weighted by atomic mass is 10.1. The van der Waals surface area contributed by atoms with Gasteiger partial charge in [0.15, 0.2) is 0 Å². The van der Waals surface area contributed by atoms with Gasteiger partial charge >= 0.3 is 0 Å². The fourth-order valence-electron chi connectivity index (χ4n) is 0.908. The molecule has 0 unspecified atom stereocenters. The van der Waals surface area contributed by atoms with E-state index in [9.17, 15) is 0 Å². The highest BCUT2D eigenvalue weighted by molar-refractivity contribution is 4.79. The van der Waals surface area contributed by atoms with Crippen molar-refractivity contribution < 1.29 is 18.9 Å². The lowest BCUT2D eigenvalue weighted by Gasteiger charge is -2.41. The second-order valence-corrected chi connectivity index (χ2v) is 2.71. The van der Waals surface area contributed by atoms with Crippen LogP contribution >= 0.6 is 0 Å². The smallest absolute Gasteiger partial charge is 0.219 e. The number of hydrogen-bond donors (Lipinski definition) is 0. The molecule has 0 aliphatic heterocycles. The molecule has 0 atom stereocenters. The first kappa shape index (κ1) is 11.8. The Hall–Kier alpha value is -0.160. The Morgan fingerprint density at radius 2 is 0.750 bits per heavy atom. The minimum Gasteiger partial charge on any atom is -0.349 e. The SMILES string of the molecule is COC(C)(OC)C(C)(OC)OC. The number of methoxy groups -OCH3 is 4. The quantitative estimate of drug-likeness (QED) is 0.589. The van der Waals surface area contributed by atoms with Gasteiger partial charge in [-0.1, -0.05) is 0 Å². The highest BCUT2D eigenvalue weighted by atomic mass is 16.8. The Labute approximate surface area is 73.7 Å². The first-order valence-electron chi connectivity index (χ1n) is 3.70. The number of ether oxygens (including phenoxy) is 4.